The Kier molecular flexibility index (Phi) is 6.01. The number of halogens is 1. The minimum absolute atomic E-state index is 0. The van der Waals surface area contributed by atoms with Crippen LogP contribution in [0.15, 0.2) is 29.2 Å². The Morgan fingerprint density at radius 1 is 1.25 bits per heavy atom. The highest BCUT2D eigenvalue weighted by atomic mass is 35.5. The highest BCUT2D eigenvalue weighted by Gasteiger charge is 2.33. The molecule has 0 spiro atoms. The predicted octanol–water partition coefficient (Wildman–Crippen LogP) is 2.25. The summed E-state index contributed by atoms with van der Waals surface area (Å²) in [7, 11) is -3.45. The fourth-order valence-corrected chi connectivity index (χ4v) is 3.45. The Labute approximate surface area is 127 Å². The number of nitrogens with one attached hydrogen (secondary N) is 1. The van der Waals surface area contributed by atoms with Crippen LogP contribution in [0.4, 0.5) is 0 Å². The molecular weight excluding hydrogens is 296 g/mol. The van der Waals surface area contributed by atoms with E-state index in [-0.39, 0.29) is 18.4 Å². The summed E-state index contributed by atoms with van der Waals surface area (Å²) in [6.07, 6.45) is 2.13. The van der Waals surface area contributed by atoms with E-state index in [1.807, 2.05) is 12.1 Å². The van der Waals surface area contributed by atoms with Gasteiger partial charge in [0.2, 0.25) is 10.0 Å². The second kappa shape index (κ2) is 6.89. The van der Waals surface area contributed by atoms with Gasteiger partial charge >= 0.3 is 0 Å². The minimum Gasteiger partial charge on any atom is -0.329 e. The summed E-state index contributed by atoms with van der Waals surface area (Å²) in [4.78, 5) is 0.316. The third kappa shape index (κ3) is 4.19. The molecule has 1 saturated carbocycles. The third-order valence-corrected chi connectivity index (χ3v) is 5.11. The van der Waals surface area contributed by atoms with Gasteiger partial charge in [-0.15, -0.1) is 12.4 Å². The summed E-state index contributed by atoms with van der Waals surface area (Å²) in [6, 6.07) is 6.94. The average molecular weight is 319 g/mol. The average Bonchev–Trinajstić information content (AvgIpc) is 3.20. The predicted molar refractivity (Wildman–Crippen MR) is 83.7 cm³/mol. The van der Waals surface area contributed by atoms with E-state index in [2.05, 4.69) is 18.6 Å². The van der Waals surface area contributed by atoms with Gasteiger partial charge in [-0.3, -0.25) is 0 Å². The Balaban J connectivity index is 0.00000200. The zero-order chi connectivity index (χ0) is 14.0. The van der Waals surface area contributed by atoms with Gasteiger partial charge < -0.3 is 5.73 Å². The van der Waals surface area contributed by atoms with E-state index in [0.717, 1.165) is 18.4 Å². The second-order valence-corrected chi connectivity index (χ2v) is 7.24. The van der Waals surface area contributed by atoms with Crippen molar-refractivity contribution in [3.05, 3.63) is 29.8 Å². The van der Waals surface area contributed by atoms with E-state index in [1.165, 1.54) is 0 Å². The Hall–Kier alpha value is -0.620. The molecule has 0 saturated heterocycles. The van der Waals surface area contributed by atoms with Crippen molar-refractivity contribution in [1.82, 2.24) is 4.72 Å². The zero-order valence-electron chi connectivity index (χ0n) is 11.9. The molecule has 1 aliphatic rings. The first kappa shape index (κ1) is 17.4. The molecule has 2 rings (SSSR count). The monoisotopic (exact) mass is 318 g/mol. The van der Waals surface area contributed by atoms with Crippen molar-refractivity contribution >= 4 is 22.4 Å². The van der Waals surface area contributed by atoms with Crippen LogP contribution in [0.3, 0.4) is 0 Å². The summed E-state index contributed by atoms with van der Waals surface area (Å²) in [5.41, 5.74) is 6.77. The number of nitrogens with two attached hydrogens (primary N) is 1. The van der Waals surface area contributed by atoms with Crippen LogP contribution < -0.4 is 10.5 Å². The number of benzene rings is 1. The molecule has 1 aliphatic carbocycles. The molecule has 3 N–H and O–H groups in total. The van der Waals surface area contributed by atoms with Gasteiger partial charge in [-0.1, -0.05) is 26.0 Å². The van der Waals surface area contributed by atoms with E-state index in [1.54, 1.807) is 12.1 Å². The van der Waals surface area contributed by atoms with Gasteiger partial charge in [-0.05, 0) is 42.4 Å². The molecule has 20 heavy (non-hydrogen) atoms. The van der Waals surface area contributed by atoms with E-state index in [4.69, 9.17) is 5.73 Å². The van der Waals surface area contributed by atoms with Gasteiger partial charge in [0.05, 0.1) is 4.90 Å². The lowest BCUT2D eigenvalue weighted by atomic mass is 10.0. The topological polar surface area (TPSA) is 72.2 Å². The summed E-state index contributed by atoms with van der Waals surface area (Å²) in [5.74, 6) is 0.808. The van der Waals surface area contributed by atoms with Crippen molar-refractivity contribution in [3.8, 4) is 0 Å². The molecule has 0 radical (unpaired) electrons. The van der Waals surface area contributed by atoms with Crippen LogP contribution in [-0.2, 0) is 10.0 Å². The maximum atomic E-state index is 12.2. The molecule has 0 aromatic heterocycles. The Bertz CT molecular complexity index is 525. The lowest BCUT2D eigenvalue weighted by Crippen LogP contribution is -2.41. The van der Waals surface area contributed by atoms with Crippen LogP contribution in [0.2, 0.25) is 0 Å². The smallest absolute Gasteiger partial charge is 0.240 e. The van der Waals surface area contributed by atoms with Crippen LogP contribution in [0.1, 0.15) is 38.2 Å². The van der Waals surface area contributed by atoms with Crippen LogP contribution >= 0.6 is 12.4 Å². The molecule has 0 bridgehead atoms. The second-order valence-electron chi connectivity index (χ2n) is 5.52. The van der Waals surface area contributed by atoms with Crippen LogP contribution in [-0.4, -0.2) is 21.0 Å². The maximum Gasteiger partial charge on any atom is 0.240 e. The largest absolute Gasteiger partial charge is 0.329 e. The molecule has 114 valence electrons. The number of rotatable bonds is 6. The molecule has 1 unspecified atom stereocenters. The van der Waals surface area contributed by atoms with Crippen LogP contribution in [0.5, 0.6) is 0 Å². The van der Waals surface area contributed by atoms with Crippen LogP contribution in [0.25, 0.3) is 0 Å². The number of hydrogen-bond donors (Lipinski definition) is 2. The SMILES string of the molecule is CC(C)c1ccc(S(=O)(=O)NC(CN)C2CC2)cc1.Cl. The third-order valence-electron chi connectivity index (χ3n) is 3.61. The number of hydrogen-bond acceptors (Lipinski definition) is 3. The van der Waals surface area contributed by atoms with E-state index >= 15 is 0 Å². The summed E-state index contributed by atoms with van der Waals surface area (Å²) < 4.78 is 27.2. The standard InChI is InChI=1S/C14H22N2O2S.ClH/c1-10(2)11-5-7-13(8-6-11)19(17,18)16-14(9-15)12-3-4-12;/h5-8,10,12,14,16H,3-4,9,15H2,1-2H3;1H. The molecule has 6 heteroatoms. The first-order valence-corrected chi connectivity index (χ1v) is 8.24. The highest BCUT2D eigenvalue weighted by Crippen LogP contribution is 2.32. The van der Waals surface area contributed by atoms with Gasteiger partial charge in [0, 0.05) is 12.6 Å². The Morgan fingerprint density at radius 2 is 1.80 bits per heavy atom. The fourth-order valence-electron chi connectivity index (χ4n) is 2.13. The normalized spacial score (nSPS) is 16.8. The molecule has 1 fully saturated rings. The lowest BCUT2D eigenvalue weighted by molar-refractivity contribution is 0.519. The van der Waals surface area contributed by atoms with Crippen molar-refractivity contribution in [2.45, 2.75) is 43.5 Å². The van der Waals surface area contributed by atoms with E-state index in [9.17, 15) is 8.42 Å². The summed E-state index contributed by atoms with van der Waals surface area (Å²) in [5, 5.41) is 0. The Morgan fingerprint density at radius 3 is 2.20 bits per heavy atom. The zero-order valence-corrected chi connectivity index (χ0v) is 13.5. The van der Waals surface area contributed by atoms with E-state index < -0.39 is 10.0 Å². The van der Waals surface area contributed by atoms with Gasteiger partial charge in [0.25, 0.3) is 0 Å². The van der Waals surface area contributed by atoms with E-state index in [0.29, 0.717) is 23.3 Å². The summed E-state index contributed by atoms with van der Waals surface area (Å²) >= 11 is 0. The highest BCUT2D eigenvalue weighted by molar-refractivity contribution is 7.89. The molecule has 4 nitrogen and oxygen atoms in total. The van der Waals surface area contributed by atoms with Crippen LogP contribution in [0, 0.1) is 5.92 Å². The molecule has 0 heterocycles. The van der Waals surface area contributed by atoms with Crippen molar-refractivity contribution in [1.29, 1.82) is 0 Å². The van der Waals surface area contributed by atoms with Gasteiger partial charge in [0.15, 0.2) is 0 Å². The maximum absolute atomic E-state index is 12.2. The molecular formula is C14H23ClN2O2S. The first-order valence-electron chi connectivity index (χ1n) is 6.76. The van der Waals surface area contributed by atoms with Crippen molar-refractivity contribution in [3.63, 3.8) is 0 Å². The number of sulfonamides is 1. The van der Waals surface area contributed by atoms with Crippen molar-refractivity contribution in [2.24, 2.45) is 11.7 Å². The fraction of sp³-hybridized carbons (Fsp3) is 0.571. The van der Waals surface area contributed by atoms with Crippen molar-refractivity contribution < 1.29 is 8.42 Å². The van der Waals surface area contributed by atoms with Crippen molar-refractivity contribution in [2.75, 3.05) is 6.54 Å². The molecule has 1 aromatic carbocycles. The molecule has 0 amide bonds. The van der Waals surface area contributed by atoms with Gasteiger partial charge in [0.1, 0.15) is 0 Å². The minimum atomic E-state index is -3.45. The molecule has 1 atom stereocenters. The molecule has 1 aromatic rings. The van der Waals surface area contributed by atoms with Gasteiger partial charge in [-0.25, -0.2) is 13.1 Å². The lowest BCUT2D eigenvalue weighted by Gasteiger charge is -2.16. The summed E-state index contributed by atoms with van der Waals surface area (Å²) in [6.45, 7) is 4.52. The molecule has 0 aliphatic heterocycles. The first-order chi connectivity index (χ1) is 8.94. The quantitative estimate of drug-likeness (QED) is 0.845. The van der Waals surface area contributed by atoms with Gasteiger partial charge in [-0.2, -0.15) is 0 Å².